The molecule has 6 nitrogen and oxygen atoms in total. The van der Waals surface area contributed by atoms with Gasteiger partial charge in [-0.05, 0) is 54.8 Å². The predicted octanol–water partition coefficient (Wildman–Crippen LogP) is 2.81. The zero-order valence-corrected chi connectivity index (χ0v) is 14.9. The molecule has 1 aliphatic rings. The van der Waals surface area contributed by atoms with Gasteiger partial charge >= 0.3 is 0 Å². The minimum absolute atomic E-state index is 0.125. The Kier molecular flexibility index (Phi) is 4.87. The molecule has 2 aromatic rings. The highest BCUT2D eigenvalue weighted by Crippen LogP contribution is 2.21. The Morgan fingerprint density at radius 2 is 2.30 bits per heavy atom. The number of furan rings is 1. The lowest BCUT2D eigenvalue weighted by molar-refractivity contribution is 0.0833. The number of amides is 1. The SMILES string of the molecule is Cc1nn(Cc2ccc(C(=O)NC[C@@H]3CCCO3)o2)c(C)c1Br. The molecule has 1 aliphatic heterocycles. The summed E-state index contributed by atoms with van der Waals surface area (Å²) in [6.45, 7) is 5.74. The highest BCUT2D eigenvalue weighted by Gasteiger charge is 2.18. The topological polar surface area (TPSA) is 69.3 Å². The molecule has 1 amide bonds. The number of hydrogen-bond acceptors (Lipinski definition) is 4. The molecule has 0 saturated carbocycles. The molecule has 0 aromatic carbocycles. The van der Waals surface area contributed by atoms with Gasteiger partial charge in [0.1, 0.15) is 5.76 Å². The van der Waals surface area contributed by atoms with Gasteiger partial charge in [-0.1, -0.05) is 0 Å². The summed E-state index contributed by atoms with van der Waals surface area (Å²) in [5, 5.41) is 7.30. The Bertz CT molecular complexity index is 701. The molecular weight excluding hydrogens is 362 g/mol. The van der Waals surface area contributed by atoms with Crippen molar-refractivity contribution in [1.82, 2.24) is 15.1 Å². The van der Waals surface area contributed by atoms with Crippen molar-refractivity contribution < 1.29 is 13.9 Å². The normalized spacial score (nSPS) is 17.6. The first kappa shape index (κ1) is 16.3. The van der Waals surface area contributed by atoms with E-state index in [4.69, 9.17) is 9.15 Å². The second-order valence-electron chi connectivity index (χ2n) is 5.75. The number of aryl methyl sites for hydroxylation is 1. The van der Waals surface area contributed by atoms with Crippen LogP contribution in [0.5, 0.6) is 0 Å². The third-order valence-corrected chi connectivity index (χ3v) is 5.15. The molecule has 0 unspecified atom stereocenters. The van der Waals surface area contributed by atoms with Crippen molar-refractivity contribution in [2.75, 3.05) is 13.2 Å². The summed E-state index contributed by atoms with van der Waals surface area (Å²) in [6.07, 6.45) is 2.18. The Balaban J connectivity index is 1.60. The van der Waals surface area contributed by atoms with Crippen LogP contribution in [0.1, 0.15) is 40.5 Å². The van der Waals surface area contributed by atoms with E-state index in [2.05, 4.69) is 26.3 Å². The minimum atomic E-state index is -0.207. The van der Waals surface area contributed by atoms with Crippen molar-refractivity contribution in [3.8, 4) is 0 Å². The molecular formula is C16H20BrN3O3. The summed E-state index contributed by atoms with van der Waals surface area (Å²) in [7, 11) is 0. The Labute approximate surface area is 143 Å². The van der Waals surface area contributed by atoms with Crippen molar-refractivity contribution in [3.63, 3.8) is 0 Å². The summed E-state index contributed by atoms with van der Waals surface area (Å²) < 4.78 is 14.0. The molecule has 3 rings (SSSR count). The Morgan fingerprint density at radius 1 is 1.48 bits per heavy atom. The van der Waals surface area contributed by atoms with Crippen LogP contribution in [0.25, 0.3) is 0 Å². The van der Waals surface area contributed by atoms with Crippen LogP contribution in [0.3, 0.4) is 0 Å². The van der Waals surface area contributed by atoms with Gasteiger partial charge in [-0.3, -0.25) is 9.48 Å². The van der Waals surface area contributed by atoms with Gasteiger partial charge in [0, 0.05) is 13.2 Å². The van der Waals surface area contributed by atoms with E-state index < -0.39 is 0 Å². The van der Waals surface area contributed by atoms with Crippen LogP contribution in [0, 0.1) is 13.8 Å². The third kappa shape index (κ3) is 3.67. The monoisotopic (exact) mass is 381 g/mol. The number of carbonyl (C=O) groups excluding carboxylic acids is 1. The van der Waals surface area contributed by atoms with Gasteiger partial charge < -0.3 is 14.5 Å². The van der Waals surface area contributed by atoms with Crippen LogP contribution >= 0.6 is 15.9 Å². The first-order valence-electron chi connectivity index (χ1n) is 7.72. The summed E-state index contributed by atoms with van der Waals surface area (Å²) in [5.41, 5.74) is 1.96. The number of ether oxygens (including phenoxy) is 1. The van der Waals surface area contributed by atoms with Crippen molar-refractivity contribution in [2.45, 2.75) is 39.3 Å². The lowest BCUT2D eigenvalue weighted by atomic mass is 10.2. The van der Waals surface area contributed by atoms with E-state index in [0.717, 1.165) is 35.3 Å². The number of nitrogens with one attached hydrogen (secondary N) is 1. The second-order valence-corrected chi connectivity index (χ2v) is 6.55. The fourth-order valence-corrected chi connectivity index (χ4v) is 2.94. The van der Waals surface area contributed by atoms with Crippen molar-refractivity contribution in [1.29, 1.82) is 0 Å². The van der Waals surface area contributed by atoms with E-state index in [1.54, 1.807) is 6.07 Å². The molecule has 3 heterocycles. The molecule has 0 aliphatic carbocycles. The maximum atomic E-state index is 12.1. The van der Waals surface area contributed by atoms with Gasteiger partial charge in [-0.25, -0.2) is 0 Å². The van der Waals surface area contributed by atoms with Crippen molar-refractivity contribution in [3.05, 3.63) is 39.5 Å². The Morgan fingerprint density at radius 3 is 2.96 bits per heavy atom. The van der Waals surface area contributed by atoms with Gasteiger partial charge in [0.25, 0.3) is 5.91 Å². The molecule has 0 radical (unpaired) electrons. The number of aromatic nitrogens is 2. The molecule has 7 heteroatoms. The molecule has 1 atom stereocenters. The lowest BCUT2D eigenvalue weighted by Crippen LogP contribution is -2.31. The molecule has 0 bridgehead atoms. The van der Waals surface area contributed by atoms with E-state index in [0.29, 0.717) is 24.6 Å². The molecule has 124 valence electrons. The minimum Gasteiger partial charge on any atom is -0.454 e. The number of carbonyl (C=O) groups is 1. The van der Waals surface area contributed by atoms with E-state index in [-0.39, 0.29) is 12.0 Å². The number of rotatable bonds is 5. The van der Waals surface area contributed by atoms with Crippen LogP contribution in [0.15, 0.2) is 21.0 Å². The largest absolute Gasteiger partial charge is 0.454 e. The molecule has 23 heavy (non-hydrogen) atoms. The van der Waals surface area contributed by atoms with Gasteiger partial charge in [0.15, 0.2) is 5.76 Å². The molecule has 1 saturated heterocycles. The predicted molar refractivity (Wildman–Crippen MR) is 88.5 cm³/mol. The molecule has 2 aromatic heterocycles. The third-order valence-electron chi connectivity index (χ3n) is 4.00. The summed E-state index contributed by atoms with van der Waals surface area (Å²) in [6, 6.07) is 3.51. The molecule has 0 spiro atoms. The highest BCUT2D eigenvalue weighted by atomic mass is 79.9. The van der Waals surface area contributed by atoms with E-state index >= 15 is 0 Å². The highest BCUT2D eigenvalue weighted by molar-refractivity contribution is 9.10. The van der Waals surface area contributed by atoms with E-state index in [9.17, 15) is 4.79 Å². The number of halogens is 1. The lowest BCUT2D eigenvalue weighted by Gasteiger charge is -2.09. The summed E-state index contributed by atoms with van der Waals surface area (Å²) in [4.78, 5) is 12.1. The second kappa shape index (κ2) is 6.88. The van der Waals surface area contributed by atoms with Crippen LogP contribution in [-0.4, -0.2) is 34.9 Å². The first-order chi connectivity index (χ1) is 11.0. The van der Waals surface area contributed by atoms with Crippen LogP contribution in [0.2, 0.25) is 0 Å². The maximum Gasteiger partial charge on any atom is 0.287 e. The zero-order valence-electron chi connectivity index (χ0n) is 13.3. The fraction of sp³-hybridized carbons (Fsp3) is 0.500. The zero-order chi connectivity index (χ0) is 16.4. The van der Waals surface area contributed by atoms with Crippen molar-refractivity contribution in [2.24, 2.45) is 0 Å². The van der Waals surface area contributed by atoms with Crippen LogP contribution in [-0.2, 0) is 11.3 Å². The first-order valence-corrected chi connectivity index (χ1v) is 8.52. The molecule has 1 N–H and O–H groups in total. The van der Waals surface area contributed by atoms with Gasteiger partial charge in [0.05, 0.1) is 28.5 Å². The fourth-order valence-electron chi connectivity index (χ4n) is 2.66. The van der Waals surface area contributed by atoms with Gasteiger partial charge in [-0.2, -0.15) is 5.10 Å². The summed E-state index contributed by atoms with van der Waals surface area (Å²) >= 11 is 3.50. The standard InChI is InChI=1S/C16H20BrN3O3/c1-10-15(17)11(2)20(19-10)9-13-5-6-14(23-13)16(21)18-8-12-4-3-7-22-12/h5-6,12H,3-4,7-9H2,1-2H3,(H,18,21)/t12-/m0/s1. The van der Waals surface area contributed by atoms with E-state index in [1.165, 1.54) is 0 Å². The van der Waals surface area contributed by atoms with Crippen LogP contribution in [0.4, 0.5) is 0 Å². The van der Waals surface area contributed by atoms with E-state index in [1.807, 2.05) is 24.6 Å². The summed E-state index contributed by atoms with van der Waals surface area (Å²) in [5.74, 6) is 0.810. The smallest absolute Gasteiger partial charge is 0.287 e. The average Bonchev–Trinajstić information content (AvgIpc) is 3.25. The quantitative estimate of drug-likeness (QED) is 0.864. The average molecular weight is 382 g/mol. The Hall–Kier alpha value is -1.60. The maximum absolute atomic E-state index is 12.1. The van der Waals surface area contributed by atoms with Crippen molar-refractivity contribution >= 4 is 21.8 Å². The number of hydrogen-bond donors (Lipinski definition) is 1. The van der Waals surface area contributed by atoms with Gasteiger partial charge in [-0.15, -0.1) is 0 Å². The van der Waals surface area contributed by atoms with Crippen LogP contribution < -0.4 is 5.32 Å². The number of nitrogens with zero attached hydrogens (tertiary/aromatic N) is 2. The molecule has 1 fully saturated rings. The van der Waals surface area contributed by atoms with Gasteiger partial charge in [0.2, 0.25) is 0 Å².